The molecule has 0 saturated carbocycles. The molecule has 88 valence electrons. The van der Waals surface area contributed by atoms with E-state index in [0.717, 1.165) is 8.26 Å². The number of anilines is 1. The smallest absolute Gasteiger partial charge is 0.410 e. The summed E-state index contributed by atoms with van der Waals surface area (Å²) in [6, 6.07) is 10.8. The number of rotatable bonds is 2. The Bertz CT molecular complexity index is 528. The van der Waals surface area contributed by atoms with E-state index in [1.54, 1.807) is 24.3 Å². The second kappa shape index (κ2) is 5.66. The van der Waals surface area contributed by atoms with Crippen LogP contribution in [-0.2, 0) is 0 Å². The molecule has 2 rings (SSSR count). The van der Waals surface area contributed by atoms with Gasteiger partial charge in [0, 0.05) is 0 Å². The lowest BCUT2D eigenvalue weighted by atomic mass is 10.3. The van der Waals surface area contributed by atoms with Crippen LogP contribution in [0.2, 0.25) is 0 Å². The SMILES string of the molecule is O=C(Nc1sc(Br)cc1Br)Oc1ccccc1. The van der Waals surface area contributed by atoms with E-state index in [1.807, 2.05) is 12.1 Å². The molecule has 0 aliphatic rings. The van der Waals surface area contributed by atoms with Crippen molar-refractivity contribution in [2.24, 2.45) is 0 Å². The number of halogens is 2. The third-order valence-electron chi connectivity index (χ3n) is 1.83. The minimum absolute atomic E-state index is 0.508. The molecule has 1 heterocycles. The Balaban J connectivity index is 2.01. The van der Waals surface area contributed by atoms with Crippen molar-refractivity contribution < 1.29 is 9.53 Å². The lowest BCUT2D eigenvalue weighted by Gasteiger charge is -2.04. The van der Waals surface area contributed by atoms with Crippen LogP contribution in [0.3, 0.4) is 0 Å². The molecular formula is C11H7Br2NO2S. The molecule has 0 atom stereocenters. The summed E-state index contributed by atoms with van der Waals surface area (Å²) in [7, 11) is 0. The number of nitrogens with one attached hydrogen (secondary N) is 1. The number of benzene rings is 1. The first kappa shape index (κ1) is 12.6. The molecule has 1 N–H and O–H groups in total. The number of hydrogen-bond acceptors (Lipinski definition) is 3. The molecule has 1 aromatic carbocycles. The van der Waals surface area contributed by atoms with Gasteiger partial charge >= 0.3 is 6.09 Å². The fraction of sp³-hybridized carbons (Fsp3) is 0. The second-order valence-electron chi connectivity index (χ2n) is 3.06. The van der Waals surface area contributed by atoms with E-state index in [9.17, 15) is 4.79 Å². The Morgan fingerprint density at radius 1 is 1.24 bits per heavy atom. The maximum absolute atomic E-state index is 11.6. The Kier molecular flexibility index (Phi) is 4.20. The number of para-hydroxylation sites is 1. The lowest BCUT2D eigenvalue weighted by molar-refractivity contribution is 0.215. The normalized spacial score (nSPS) is 10.0. The van der Waals surface area contributed by atoms with Crippen molar-refractivity contribution >= 4 is 54.3 Å². The molecule has 0 aliphatic carbocycles. The van der Waals surface area contributed by atoms with Gasteiger partial charge in [0.1, 0.15) is 10.8 Å². The van der Waals surface area contributed by atoms with Gasteiger partial charge in [-0.15, -0.1) is 11.3 Å². The van der Waals surface area contributed by atoms with E-state index in [-0.39, 0.29) is 0 Å². The first-order valence-corrected chi connectivity index (χ1v) is 7.04. The summed E-state index contributed by atoms with van der Waals surface area (Å²) < 4.78 is 6.85. The zero-order valence-electron chi connectivity index (χ0n) is 8.44. The first-order valence-electron chi connectivity index (χ1n) is 4.64. The molecule has 6 heteroatoms. The summed E-state index contributed by atoms with van der Waals surface area (Å²) >= 11 is 8.09. The number of carbonyl (C=O) groups excluding carboxylic acids is 1. The molecule has 0 fully saturated rings. The first-order chi connectivity index (χ1) is 8.15. The van der Waals surface area contributed by atoms with E-state index >= 15 is 0 Å². The average Bonchev–Trinajstić information content (AvgIpc) is 2.58. The number of ether oxygens (including phenoxy) is 1. The van der Waals surface area contributed by atoms with Gasteiger partial charge in [-0.3, -0.25) is 5.32 Å². The molecule has 3 nitrogen and oxygen atoms in total. The van der Waals surface area contributed by atoms with Crippen LogP contribution in [0.25, 0.3) is 0 Å². The van der Waals surface area contributed by atoms with E-state index in [0.29, 0.717) is 10.8 Å². The van der Waals surface area contributed by atoms with Crippen molar-refractivity contribution in [1.82, 2.24) is 0 Å². The third kappa shape index (κ3) is 3.55. The Hall–Kier alpha value is -0.850. The topological polar surface area (TPSA) is 38.3 Å². The number of hydrogen-bond donors (Lipinski definition) is 1. The van der Waals surface area contributed by atoms with Crippen LogP contribution in [0.15, 0.2) is 44.7 Å². The molecule has 1 aromatic heterocycles. The molecule has 0 unspecified atom stereocenters. The third-order valence-corrected chi connectivity index (χ3v) is 4.27. The van der Waals surface area contributed by atoms with Gasteiger partial charge in [0.2, 0.25) is 0 Å². The van der Waals surface area contributed by atoms with Gasteiger partial charge in [0.25, 0.3) is 0 Å². The largest absolute Gasteiger partial charge is 0.417 e. The van der Waals surface area contributed by atoms with E-state index in [1.165, 1.54) is 11.3 Å². The van der Waals surface area contributed by atoms with Gasteiger partial charge in [0.15, 0.2) is 0 Å². The highest BCUT2D eigenvalue weighted by molar-refractivity contribution is 9.11. The highest BCUT2D eigenvalue weighted by Gasteiger charge is 2.10. The van der Waals surface area contributed by atoms with E-state index < -0.39 is 6.09 Å². The van der Waals surface area contributed by atoms with Crippen LogP contribution in [-0.4, -0.2) is 6.09 Å². The summed E-state index contributed by atoms with van der Waals surface area (Å²) in [5.74, 6) is 0.511. The van der Waals surface area contributed by atoms with Crippen LogP contribution < -0.4 is 10.1 Å². The second-order valence-corrected chi connectivity index (χ2v) is 6.34. The Morgan fingerprint density at radius 3 is 2.53 bits per heavy atom. The molecule has 0 bridgehead atoms. The average molecular weight is 377 g/mol. The van der Waals surface area contributed by atoms with Crippen LogP contribution in [0.4, 0.5) is 9.80 Å². The van der Waals surface area contributed by atoms with Gasteiger partial charge in [-0.05, 0) is 50.1 Å². The predicted octanol–water partition coefficient (Wildman–Crippen LogP) is 4.88. The summed E-state index contributed by atoms with van der Waals surface area (Å²) in [5, 5.41) is 3.37. The fourth-order valence-corrected chi connectivity index (χ4v) is 3.55. The zero-order chi connectivity index (χ0) is 12.3. The van der Waals surface area contributed by atoms with E-state index in [2.05, 4.69) is 37.2 Å². The van der Waals surface area contributed by atoms with Gasteiger partial charge in [-0.2, -0.15) is 0 Å². The maximum atomic E-state index is 11.6. The van der Waals surface area contributed by atoms with Crippen molar-refractivity contribution in [3.8, 4) is 5.75 Å². The molecule has 1 amide bonds. The molecule has 0 spiro atoms. The quantitative estimate of drug-likeness (QED) is 0.810. The molecule has 0 radical (unpaired) electrons. The molecular weight excluding hydrogens is 370 g/mol. The van der Waals surface area contributed by atoms with Gasteiger partial charge in [0.05, 0.1) is 8.26 Å². The Labute approximate surface area is 119 Å². The summed E-state index contributed by atoms with van der Waals surface area (Å²) in [5.41, 5.74) is 0. The lowest BCUT2D eigenvalue weighted by Crippen LogP contribution is -2.16. The molecule has 0 saturated heterocycles. The van der Waals surface area contributed by atoms with Crippen LogP contribution in [0, 0.1) is 0 Å². The van der Waals surface area contributed by atoms with Gasteiger partial charge < -0.3 is 4.74 Å². The summed E-state index contributed by atoms with van der Waals surface area (Å²) in [6.45, 7) is 0. The maximum Gasteiger partial charge on any atom is 0.417 e. The van der Waals surface area contributed by atoms with Crippen LogP contribution >= 0.6 is 43.2 Å². The van der Waals surface area contributed by atoms with Gasteiger partial charge in [-0.1, -0.05) is 18.2 Å². The highest BCUT2D eigenvalue weighted by Crippen LogP contribution is 2.35. The van der Waals surface area contributed by atoms with Crippen LogP contribution in [0.5, 0.6) is 5.75 Å². The standard InChI is InChI=1S/C11H7Br2NO2S/c12-8-6-9(13)17-10(8)14-11(15)16-7-4-2-1-3-5-7/h1-6H,(H,14,15). The summed E-state index contributed by atoms with van der Waals surface area (Å²) in [4.78, 5) is 11.6. The summed E-state index contributed by atoms with van der Waals surface area (Å²) in [6.07, 6.45) is -0.508. The fourth-order valence-electron chi connectivity index (χ4n) is 1.14. The number of carbonyl (C=O) groups is 1. The highest BCUT2D eigenvalue weighted by atomic mass is 79.9. The van der Waals surface area contributed by atoms with Crippen molar-refractivity contribution in [1.29, 1.82) is 0 Å². The van der Waals surface area contributed by atoms with Gasteiger partial charge in [-0.25, -0.2) is 4.79 Å². The van der Waals surface area contributed by atoms with E-state index in [4.69, 9.17) is 4.74 Å². The predicted molar refractivity (Wildman–Crippen MR) is 75.8 cm³/mol. The molecule has 17 heavy (non-hydrogen) atoms. The zero-order valence-corrected chi connectivity index (χ0v) is 12.4. The minimum atomic E-state index is -0.508. The van der Waals surface area contributed by atoms with Crippen molar-refractivity contribution in [3.63, 3.8) is 0 Å². The number of thiophene rings is 1. The molecule has 2 aromatic rings. The minimum Gasteiger partial charge on any atom is -0.410 e. The monoisotopic (exact) mass is 375 g/mol. The molecule has 0 aliphatic heterocycles. The van der Waals surface area contributed by atoms with Crippen LogP contribution in [0.1, 0.15) is 0 Å². The van der Waals surface area contributed by atoms with Crippen molar-refractivity contribution in [3.05, 3.63) is 44.7 Å². The number of amides is 1. The Morgan fingerprint density at radius 2 is 1.94 bits per heavy atom. The van der Waals surface area contributed by atoms with Crippen molar-refractivity contribution in [2.75, 3.05) is 5.32 Å². The van der Waals surface area contributed by atoms with Crippen molar-refractivity contribution in [2.45, 2.75) is 0 Å².